The van der Waals surface area contributed by atoms with Crippen LogP contribution in [0.2, 0.25) is 0 Å². The molecule has 3 nitrogen and oxygen atoms in total. The molecule has 0 bridgehead atoms. The van der Waals surface area contributed by atoms with E-state index in [0.29, 0.717) is 6.54 Å². The smallest absolute Gasteiger partial charge is 0.231 e. The molecule has 0 saturated heterocycles. The molecule has 0 saturated carbocycles. The van der Waals surface area contributed by atoms with Crippen molar-refractivity contribution in [3.8, 4) is 0 Å². The summed E-state index contributed by atoms with van der Waals surface area (Å²) in [4.78, 5) is 12.2. The molecule has 0 radical (unpaired) electrons. The standard InChI is InChI=1S/C7H14N2O/c1-3-4-5-9(2)6-7(8)10/h3-4H,5-6H2,1-2H3,(H2,8,10)/b4-3+. The Morgan fingerprint density at radius 1 is 1.70 bits per heavy atom. The van der Waals surface area contributed by atoms with Gasteiger partial charge in [-0.2, -0.15) is 0 Å². The van der Waals surface area contributed by atoms with Crippen LogP contribution < -0.4 is 5.73 Å². The van der Waals surface area contributed by atoms with E-state index in [-0.39, 0.29) is 5.91 Å². The van der Waals surface area contributed by atoms with Gasteiger partial charge in [-0.3, -0.25) is 9.69 Å². The predicted octanol–water partition coefficient (Wildman–Crippen LogP) is -0.0204. The number of likely N-dealkylation sites (N-methyl/N-ethyl adjacent to an activating group) is 1. The van der Waals surface area contributed by atoms with Crippen LogP contribution in [-0.4, -0.2) is 30.9 Å². The molecule has 0 atom stereocenters. The minimum absolute atomic E-state index is 0.285. The molecule has 58 valence electrons. The molecule has 3 heteroatoms. The van der Waals surface area contributed by atoms with Crippen LogP contribution in [0.5, 0.6) is 0 Å². The van der Waals surface area contributed by atoms with Crippen LogP contribution in [0.3, 0.4) is 0 Å². The summed E-state index contributed by atoms with van der Waals surface area (Å²) in [5.41, 5.74) is 4.96. The van der Waals surface area contributed by atoms with Gasteiger partial charge >= 0.3 is 0 Å². The summed E-state index contributed by atoms with van der Waals surface area (Å²) in [7, 11) is 1.85. The lowest BCUT2D eigenvalue weighted by molar-refractivity contribution is -0.118. The molecule has 0 spiro atoms. The van der Waals surface area contributed by atoms with E-state index in [0.717, 1.165) is 6.54 Å². The maximum Gasteiger partial charge on any atom is 0.231 e. The lowest BCUT2D eigenvalue weighted by Crippen LogP contribution is -2.30. The first-order valence-electron chi connectivity index (χ1n) is 3.24. The van der Waals surface area contributed by atoms with Gasteiger partial charge in [-0.25, -0.2) is 0 Å². The number of nitrogens with two attached hydrogens (primary N) is 1. The second kappa shape index (κ2) is 4.99. The average molecular weight is 142 g/mol. The third-order valence-corrected chi connectivity index (χ3v) is 1.08. The molecular weight excluding hydrogens is 128 g/mol. The molecule has 0 aromatic carbocycles. The zero-order chi connectivity index (χ0) is 7.98. The first-order valence-corrected chi connectivity index (χ1v) is 3.24. The Labute approximate surface area is 61.5 Å². The van der Waals surface area contributed by atoms with Crippen LogP contribution in [0.4, 0.5) is 0 Å². The highest BCUT2D eigenvalue weighted by molar-refractivity contribution is 5.75. The summed E-state index contributed by atoms with van der Waals surface area (Å²) in [5, 5.41) is 0. The van der Waals surface area contributed by atoms with Crippen LogP contribution in [0.25, 0.3) is 0 Å². The van der Waals surface area contributed by atoms with E-state index < -0.39 is 0 Å². The summed E-state index contributed by atoms with van der Waals surface area (Å²) in [6.45, 7) is 3.04. The van der Waals surface area contributed by atoms with Crippen LogP contribution in [0.1, 0.15) is 6.92 Å². The molecular formula is C7H14N2O. The normalized spacial score (nSPS) is 11.1. The zero-order valence-electron chi connectivity index (χ0n) is 6.50. The van der Waals surface area contributed by atoms with Crippen molar-refractivity contribution < 1.29 is 4.79 Å². The third kappa shape index (κ3) is 5.31. The lowest BCUT2D eigenvalue weighted by Gasteiger charge is -2.10. The zero-order valence-corrected chi connectivity index (χ0v) is 6.50. The fourth-order valence-electron chi connectivity index (χ4n) is 0.616. The van der Waals surface area contributed by atoms with Crippen molar-refractivity contribution in [3.63, 3.8) is 0 Å². The van der Waals surface area contributed by atoms with Gasteiger partial charge in [-0.05, 0) is 14.0 Å². The molecule has 0 heterocycles. The van der Waals surface area contributed by atoms with Gasteiger partial charge in [0.1, 0.15) is 0 Å². The Balaban J connectivity index is 3.43. The number of hydrogen-bond acceptors (Lipinski definition) is 2. The third-order valence-electron chi connectivity index (χ3n) is 1.08. The van der Waals surface area contributed by atoms with E-state index in [1.165, 1.54) is 0 Å². The van der Waals surface area contributed by atoms with Gasteiger partial charge in [0, 0.05) is 6.54 Å². The second-order valence-electron chi connectivity index (χ2n) is 2.23. The highest BCUT2D eigenvalue weighted by atomic mass is 16.1. The lowest BCUT2D eigenvalue weighted by atomic mass is 10.4. The molecule has 0 aliphatic rings. The van der Waals surface area contributed by atoms with E-state index in [1.807, 2.05) is 31.0 Å². The van der Waals surface area contributed by atoms with Gasteiger partial charge in [0.2, 0.25) is 5.91 Å². The van der Waals surface area contributed by atoms with E-state index in [4.69, 9.17) is 5.73 Å². The number of nitrogens with zero attached hydrogens (tertiary/aromatic N) is 1. The van der Waals surface area contributed by atoms with Gasteiger partial charge in [0.25, 0.3) is 0 Å². The Kier molecular flexibility index (Phi) is 4.58. The maximum atomic E-state index is 10.3. The minimum Gasteiger partial charge on any atom is -0.369 e. The number of allylic oxidation sites excluding steroid dienone is 1. The highest BCUT2D eigenvalue weighted by Crippen LogP contribution is 1.81. The quantitative estimate of drug-likeness (QED) is 0.561. The molecule has 0 aromatic heterocycles. The highest BCUT2D eigenvalue weighted by Gasteiger charge is 1.97. The topological polar surface area (TPSA) is 46.3 Å². The van der Waals surface area contributed by atoms with Crippen molar-refractivity contribution in [3.05, 3.63) is 12.2 Å². The van der Waals surface area contributed by atoms with Gasteiger partial charge in [0.05, 0.1) is 6.54 Å². The Bertz CT molecular complexity index is 132. The summed E-state index contributed by atoms with van der Waals surface area (Å²) in [5.74, 6) is -0.285. The van der Waals surface area contributed by atoms with Crippen LogP contribution in [0.15, 0.2) is 12.2 Å². The first kappa shape index (κ1) is 9.17. The van der Waals surface area contributed by atoms with Crippen molar-refractivity contribution in [1.82, 2.24) is 4.90 Å². The first-order chi connectivity index (χ1) is 4.66. The Hall–Kier alpha value is -0.830. The van der Waals surface area contributed by atoms with E-state index in [1.54, 1.807) is 0 Å². The van der Waals surface area contributed by atoms with Crippen LogP contribution in [0, 0.1) is 0 Å². The van der Waals surface area contributed by atoms with Crippen molar-refractivity contribution in [2.24, 2.45) is 5.73 Å². The molecule has 10 heavy (non-hydrogen) atoms. The molecule has 0 aliphatic carbocycles. The van der Waals surface area contributed by atoms with Crippen molar-refractivity contribution in [2.75, 3.05) is 20.1 Å². The number of amides is 1. The molecule has 1 amide bonds. The molecule has 0 aromatic rings. The summed E-state index contributed by atoms with van der Waals surface area (Å²) in [6.07, 6.45) is 3.92. The monoisotopic (exact) mass is 142 g/mol. The predicted molar refractivity (Wildman–Crippen MR) is 41.5 cm³/mol. The van der Waals surface area contributed by atoms with Gasteiger partial charge in [0.15, 0.2) is 0 Å². The fourth-order valence-corrected chi connectivity index (χ4v) is 0.616. The molecule has 0 aliphatic heterocycles. The molecule has 0 rings (SSSR count). The van der Waals surface area contributed by atoms with E-state index >= 15 is 0 Å². The number of primary amides is 1. The average Bonchev–Trinajstić information content (AvgIpc) is 1.82. The minimum atomic E-state index is -0.285. The number of rotatable bonds is 4. The van der Waals surface area contributed by atoms with Crippen LogP contribution in [-0.2, 0) is 4.79 Å². The molecule has 0 fully saturated rings. The largest absolute Gasteiger partial charge is 0.369 e. The number of carbonyl (C=O) groups is 1. The Morgan fingerprint density at radius 3 is 2.70 bits per heavy atom. The van der Waals surface area contributed by atoms with Crippen molar-refractivity contribution in [1.29, 1.82) is 0 Å². The number of carbonyl (C=O) groups excluding carboxylic acids is 1. The summed E-state index contributed by atoms with van der Waals surface area (Å²) < 4.78 is 0. The second-order valence-corrected chi connectivity index (χ2v) is 2.23. The maximum absolute atomic E-state index is 10.3. The number of hydrogen-bond donors (Lipinski definition) is 1. The van der Waals surface area contributed by atoms with E-state index in [2.05, 4.69) is 0 Å². The van der Waals surface area contributed by atoms with Crippen molar-refractivity contribution in [2.45, 2.75) is 6.92 Å². The Morgan fingerprint density at radius 2 is 2.30 bits per heavy atom. The van der Waals surface area contributed by atoms with Gasteiger partial charge in [-0.15, -0.1) is 0 Å². The summed E-state index contributed by atoms with van der Waals surface area (Å²) in [6, 6.07) is 0. The van der Waals surface area contributed by atoms with Crippen molar-refractivity contribution >= 4 is 5.91 Å². The molecule has 0 unspecified atom stereocenters. The fraction of sp³-hybridized carbons (Fsp3) is 0.571. The van der Waals surface area contributed by atoms with Gasteiger partial charge in [-0.1, -0.05) is 12.2 Å². The van der Waals surface area contributed by atoms with Crippen LogP contribution >= 0.6 is 0 Å². The summed E-state index contributed by atoms with van der Waals surface area (Å²) >= 11 is 0. The molecule has 2 N–H and O–H groups in total. The van der Waals surface area contributed by atoms with Gasteiger partial charge < -0.3 is 5.73 Å². The van der Waals surface area contributed by atoms with E-state index in [9.17, 15) is 4.79 Å². The SMILES string of the molecule is C/C=C/CN(C)CC(N)=O.